The van der Waals surface area contributed by atoms with Gasteiger partial charge in [-0.1, -0.05) is 0 Å². The molecule has 0 aromatic carbocycles. The number of nitrogens with zero attached hydrogens (tertiary/aromatic N) is 3. The molecule has 0 spiro atoms. The first-order valence-electron chi connectivity index (χ1n) is 11.2. The monoisotopic (exact) mass is 431 g/mol. The van der Waals surface area contributed by atoms with Crippen molar-refractivity contribution in [3.63, 3.8) is 0 Å². The van der Waals surface area contributed by atoms with Gasteiger partial charge in [-0.3, -0.25) is 0 Å². The molecular formula is C22H29N3O4S. The number of aliphatic hydroxyl groups excluding tert-OH is 1. The van der Waals surface area contributed by atoms with Crippen LogP contribution in [0.15, 0.2) is 6.33 Å². The Morgan fingerprint density at radius 3 is 2.70 bits per heavy atom. The van der Waals surface area contributed by atoms with E-state index < -0.39 is 12.1 Å². The van der Waals surface area contributed by atoms with E-state index in [0.29, 0.717) is 11.9 Å². The zero-order valence-electron chi connectivity index (χ0n) is 17.1. The van der Waals surface area contributed by atoms with Gasteiger partial charge >= 0.3 is 5.97 Å². The van der Waals surface area contributed by atoms with E-state index in [1.807, 2.05) is 0 Å². The summed E-state index contributed by atoms with van der Waals surface area (Å²) in [7, 11) is 0. The molecule has 7 nitrogen and oxygen atoms in total. The fourth-order valence-electron chi connectivity index (χ4n) is 5.53. The van der Waals surface area contributed by atoms with E-state index >= 15 is 0 Å². The first kappa shape index (κ1) is 20.2. The van der Waals surface area contributed by atoms with Gasteiger partial charge in [0, 0.05) is 10.9 Å². The minimum Gasteiger partial charge on any atom is -0.479 e. The van der Waals surface area contributed by atoms with Crippen LogP contribution >= 0.6 is 11.3 Å². The van der Waals surface area contributed by atoms with Crippen molar-refractivity contribution < 1.29 is 19.7 Å². The zero-order chi connectivity index (χ0) is 20.7. The summed E-state index contributed by atoms with van der Waals surface area (Å²) >= 11 is 1.65. The number of carboxylic acid groups (broad SMARTS) is 1. The molecule has 2 N–H and O–H groups in total. The average Bonchev–Trinajstić information content (AvgIpc) is 3.46. The Hall–Kier alpha value is -1.77. The van der Waals surface area contributed by atoms with Crippen LogP contribution in [-0.2, 0) is 11.2 Å². The normalized spacial score (nSPS) is 28.0. The van der Waals surface area contributed by atoms with E-state index in [1.165, 1.54) is 43.6 Å². The predicted molar refractivity (Wildman–Crippen MR) is 114 cm³/mol. The second-order valence-corrected chi connectivity index (χ2v) is 10.00. The Bertz CT molecular complexity index is 918. The summed E-state index contributed by atoms with van der Waals surface area (Å²) in [6.07, 6.45) is 9.47. The molecule has 3 aliphatic rings. The van der Waals surface area contributed by atoms with E-state index in [0.717, 1.165) is 41.5 Å². The average molecular weight is 432 g/mol. The molecule has 0 bridgehead atoms. The number of thiophene rings is 1. The maximum absolute atomic E-state index is 11.2. The molecule has 2 atom stereocenters. The third-order valence-electron chi connectivity index (χ3n) is 7.07. The largest absolute Gasteiger partial charge is 0.479 e. The second-order valence-electron chi connectivity index (χ2n) is 8.91. The fraction of sp³-hybridized carbons (Fsp3) is 0.682. The molecule has 1 saturated heterocycles. The van der Waals surface area contributed by atoms with E-state index in [4.69, 9.17) is 9.84 Å². The summed E-state index contributed by atoms with van der Waals surface area (Å²) in [5, 5.41) is 20.0. The number of carboxylic acids is 1. The quantitative estimate of drug-likeness (QED) is 0.724. The maximum Gasteiger partial charge on any atom is 0.332 e. The topological polar surface area (TPSA) is 95.8 Å². The molecule has 2 aromatic heterocycles. The fourth-order valence-corrected chi connectivity index (χ4v) is 6.76. The van der Waals surface area contributed by atoms with Crippen LogP contribution in [0.3, 0.4) is 0 Å². The highest BCUT2D eigenvalue weighted by molar-refractivity contribution is 7.19. The van der Waals surface area contributed by atoms with Crippen LogP contribution in [-0.4, -0.2) is 62.4 Å². The molecule has 0 radical (unpaired) electrons. The molecule has 1 aliphatic heterocycles. The van der Waals surface area contributed by atoms with Gasteiger partial charge < -0.3 is 19.8 Å². The Balaban J connectivity index is 1.34. The highest BCUT2D eigenvalue weighted by Crippen LogP contribution is 2.47. The number of aromatic nitrogens is 2. The van der Waals surface area contributed by atoms with Crippen LogP contribution in [0.2, 0.25) is 0 Å². The lowest BCUT2D eigenvalue weighted by Crippen LogP contribution is -2.38. The highest BCUT2D eigenvalue weighted by atomic mass is 32.1. The Kier molecular flexibility index (Phi) is 5.64. The van der Waals surface area contributed by atoms with Crippen LogP contribution in [0.25, 0.3) is 10.2 Å². The molecule has 5 rings (SSSR count). The predicted octanol–water partition coefficient (Wildman–Crippen LogP) is 3.34. The number of fused-ring (bicyclic) bond motifs is 3. The molecule has 162 valence electrons. The van der Waals surface area contributed by atoms with E-state index in [-0.39, 0.29) is 18.4 Å². The van der Waals surface area contributed by atoms with Crippen molar-refractivity contribution in [3.05, 3.63) is 16.8 Å². The first-order valence-corrected chi connectivity index (χ1v) is 12.0. The lowest BCUT2D eigenvalue weighted by atomic mass is 9.92. The minimum atomic E-state index is -1.34. The molecule has 0 unspecified atom stereocenters. The van der Waals surface area contributed by atoms with E-state index in [9.17, 15) is 9.90 Å². The van der Waals surface area contributed by atoms with E-state index in [2.05, 4.69) is 14.9 Å². The van der Waals surface area contributed by atoms with Crippen LogP contribution in [0.5, 0.6) is 5.88 Å². The van der Waals surface area contributed by atoms with Crippen molar-refractivity contribution in [2.75, 3.05) is 13.1 Å². The number of likely N-dealkylation sites (tertiary alicyclic amines) is 1. The third kappa shape index (κ3) is 3.81. The molecule has 1 saturated carbocycles. The summed E-state index contributed by atoms with van der Waals surface area (Å²) in [5.41, 5.74) is 1.11. The number of rotatable bonds is 6. The van der Waals surface area contributed by atoms with Crippen LogP contribution in [0, 0.1) is 0 Å². The van der Waals surface area contributed by atoms with Gasteiger partial charge in [0.25, 0.3) is 0 Å². The van der Waals surface area contributed by atoms with Gasteiger partial charge in [0.15, 0.2) is 6.10 Å². The van der Waals surface area contributed by atoms with Crippen molar-refractivity contribution in [3.8, 4) is 5.88 Å². The number of hydrogen-bond donors (Lipinski definition) is 2. The maximum atomic E-state index is 11.2. The minimum absolute atomic E-state index is 0.0131. The van der Waals surface area contributed by atoms with Crippen molar-refractivity contribution >= 4 is 27.5 Å². The lowest BCUT2D eigenvalue weighted by molar-refractivity contribution is -0.147. The first-order chi connectivity index (χ1) is 14.6. The summed E-state index contributed by atoms with van der Waals surface area (Å²) < 4.78 is 6.42. The lowest BCUT2D eigenvalue weighted by Gasteiger charge is -2.34. The van der Waals surface area contributed by atoms with Gasteiger partial charge in [-0.25, -0.2) is 14.8 Å². The summed E-state index contributed by atoms with van der Waals surface area (Å²) in [4.78, 5) is 24.9. The number of ether oxygens (including phenoxy) is 1. The smallest absolute Gasteiger partial charge is 0.332 e. The second kappa shape index (κ2) is 8.40. The molecular weight excluding hydrogens is 402 g/mol. The van der Waals surface area contributed by atoms with Crippen LogP contribution < -0.4 is 4.74 Å². The third-order valence-corrected chi connectivity index (χ3v) is 8.24. The van der Waals surface area contributed by atoms with Gasteiger partial charge in [0.05, 0.1) is 5.39 Å². The van der Waals surface area contributed by atoms with Crippen LogP contribution in [0.1, 0.15) is 67.7 Å². The van der Waals surface area contributed by atoms with Crippen molar-refractivity contribution in [1.29, 1.82) is 0 Å². The van der Waals surface area contributed by atoms with Gasteiger partial charge in [-0.15, -0.1) is 11.3 Å². The molecule has 2 fully saturated rings. The summed E-state index contributed by atoms with van der Waals surface area (Å²) in [6, 6.07) is 0.699. The van der Waals surface area contributed by atoms with Gasteiger partial charge in [0.2, 0.25) is 5.88 Å². The summed E-state index contributed by atoms with van der Waals surface area (Å²) in [5.74, 6) is -0.511. The molecule has 2 aliphatic carbocycles. The molecule has 8 heteroatoms. The summed E-state index contributed by atoms with van der Waals surface area (Å²) in [6.45, 7) is 2.49. The number of aliphatic hydroxyl groups is 1. The van der Waals surface area contributed by atoms with Crippen molar-refractivity contribution in [2.45, 2.75) is 82.0 Å². The van der Waals surface area contributed by atoms with Gasteiger partial charge in [-0.05, 0) is 82.4 Å². The SMILES string of the molecule is O=C(O)[C@H](O)C[C@H]1CCc2sc3ncnc(OC4CCC(N5CCCC5)CC4)c3c21. The Morgan fingerprint density at radius 2 is 1.97 bits per heavy atom. The van der Waals surface area contributed by atoms with Crippen molar-refractivity contribution in [2.24, 2.45) is 0 Å². The standard InChI is InChI=1S/C22H29N3O4S/c26-16(22(27)28)11-13-3-8-17-18(13)19-20(23-12-24-21(19)30-17)29-15-6-4-14(5-7-15)25-9-1-2-10-25/h12-16,26H,1-11H2,(H,27,28)/t13-,14?,15?,16-/m1/s1. The number of aliphatic carboxylic acids is 1. The van der Waals surface area contributed by atoms with E-state index in [1.54, 1.807) is 17.7 Å². The van der Waals surface area contributed by atoms with Crippen molar-refractivity contribution in [1.82, 2.24) is 14.9 Å². The van der Waals surface area contributed by atoms with Crippen LogP contribution in [0.4, 0.5) is 0 Å². The molecule has 0 amide bonds. The number of aryl methyl sites for hydroxylation is 1. The number of carbonyl (C=O) groups is 1. The van der Waals surface area contributed by atoms with Gasteiger partial charge in [0.1, 0.15) is 17.3 Å². The highest BCUT2D eigenvalue weighted by Gasteiger charge is 2.34. The van der Waals surface area contributed by atoms with Gasteiger partial charge in [-0.2, -0.15) is 0 Å². The zero-order valence-corrected chi connectivity index (χ0v) is 17.9. The Labute approximate surface area is 180 Å². The molecule has 30 heavy (non-hydrogen) atoms. The molecule has 2 aromatic rings. The molecule has 3 heterocycles. The Morgan fingerprint density at radius 1 is 1.20 bits per heavy atom. The number of hydrogen-bond acceptors (Lipinski definition) is 7.